The van der Waals surface area contributed by atoms with Gasteiger partial charge in [0.1, 0.15) is 0 Å². The molecule has 0 spiro atoms. The third-order valence-corrected chi connectivity index (χ3v) is 4.51. The molecule has 0 aliphatic heterocycles. The van der Waals surface area contributed by atoms with Crippen molar-refractivity contribution in [1.82, 2.24) is 19.7 Å². The van der Waals surface area contributed by atoms with Crippen molar-refractivity contribution < 1.29 is 4.79 Å². The first-order valence-corrected chi connectivity index (χ1v) is 7.10. The Bertz CT molecular complexity index is 887. The first-order chi connectivity index (χ1) is 10.6. The van der Waals surface area contributed by atoms with Crippen LogP contribution in [0.4, 0.5) is 0 Å². The Labute approximate surface area is 127 Å². The van der Waals surface area contributed by atoms with E-state index in [1.54, 1.807) is 29.5 Å². The van der Waals surface area contributed by atoms with E-state index >= 15 is 0 Å². The molecule has 3 aromatic heterocycles. The number of hydrogen-bond acceptors (Lipinski definition) is 4. The maximum Gasteiger partial charge on any atom is 0.230 e. The summed E-state index contributed by atoms with van der Waals surface area (Å²) >= 11 is 0. The van der Waals surface area contributed by atoms with Gasteiger partial charge in [-0.15, -0.1) is 0 Å². The number of pyridine rings is 2. The van der Waals surface area contributed by atoms with Crippen LogP contribution < -0.4 is 5.73 Å². The molecule has 1 fully saturated rings. The Hall–Kier alpha value is -2.76. The number of aromatic nitrogens is 4. The second kappa shape index (κ2) is 4.37. The number of hydrogen-bond donors (Lipinski definition) is 1. The Morgan fingerprint density at radius 1 is 1.36 bits per heavy atom. The molecule has 2 unspecified atom stereocenters. The molecule has 0 saturated heterocycles. The number of nitrogens with zero attached hydrogens (tertiary/aromatic N) is 4. The normalized spacial score (nSPS) is 23.6. The number of fused-ring (bicyclic) bond motifs is 1. The highest BCUT2D eigenvalue weighted by Crippen LogP contribution is 2.59. The van der Waals surface area contributed by atoms with E-state index in [4.69, 9.17) is 5.73 Å². The molecule has 6 nitrogen and oxygen atoms in total. The van der Waals surface area contributed by atoms with Gasteiger partial charge in [0.2, 0.25) is 5.91 Å². The molecule has 1 amide bonds. The molecular weight excluding hydrogens is 278 g/mol. The van der Waals surface area contributed by atoms with Crippen LogP contribution in [0.25, 0.3) is 10.8 Å². The molecule has 0 aromatic carbocycles. The molecule has 0 radical (unpaired) electrons. The van der Waals surface area contributed by atoms with Crippen molar-refractivity contribution in [2.75, 3.05) is 0 Å². The monoisotopic (exact) mass is 293 g/mol. The lowest BCUT2D eigenvalue weighted by atomic mass is 9.94. The minimum absolute atomic E-state index is 0.0467. The van der Waals surface area contributed by atoms with E-state index in [-0.39, 0.29) is 11.8 Å². The van der Waals surface area contributed by atoms with Gasteiger partial charge in [-0.3, -0.25) is 19.4 Å². The average Bonchev–Trinajstić information content (AvgIpc) is 3.15. The van der Waals surface area contributed by atoms with Crippen LogP contribution in [0.1, 0.15) is 23.6 Å². The van der Waals surface area contributed by atoms with Gasteiger partial charge in [-0.05, 0) is 29.5 Å². The van der Waals surface area contributed by atoms with Crippen molar-refractivity contribution in [1.29, 1.82) is 0 Å². The zero-order valence-corrected chi connectivity index (χ0v) is 12.1. The summed E-state index contributed by atoms with van der Waals surface area (Å²) in [7, 11) is 1.86. The van der Waals surface area contributed by atoms with Crippen LogP contribution in [0.15, 0.2) is 43.1 Å². The quantitative estimate of drug-likeness (QED) is 0.788. The minimum atomic E-state index is -0.722. The van der Waals surface area contributed by atoms with E-state index in [9.17, 15) is 4.79 Å². The number of carbonyl (C=O) groups excluding carboxylic acids is 1. The third kappa shape index (κ3) is 1.73. The van der Waals surface area contributed by atoms with Crippen molar-refractivity contribution in [3.05, 3.63) is 54.4 Å². The van der Waals surface area contributed by atoms with E-state index in [0.29, 0.717) is 6.42 Å². The van der Waals surface area contributed by atoms with Crippen LogP contribution in [0.2, 0.25) is 0 Å². The van der Waals surface area contributed by atoms with E-state index < -0.39 is 5.41 Å². The SMILES string of the molecule is Cn1cc(C2CC2(C(N)=O)c2cc3ccncc3cn2)cn1. The highest BCUT2D eigenvalue weighted by molar-refractivity contribution is 5.93. The predicted octanol–water partition coefficient (Wildman–Crippen LogP) is 1.27. The number of amides is 1. The fourth-order valence-electron chi connectivity index (χ4n) is 3.19. The van der Waals surface area contributed by atoms with Crippen molar-refractivity contribution in [2.45, 2.75) is 17.8 Å². The molecule has 6 heteroatoms. The fourth-order valence-corrected chi connectivity index (χ4v) is 3.19. The maximum absolute atomic E-state index is 12.2. The number of carbonyl (C=O) groups is 1. The van der Waals surface area contributed by atoms with Gasteiger partial charge in [-0.2, -0.15) is 5.10 Å². The van der Waals surface area contributed by atoms with Gasteiger partial charge >= 0.3 is 0 Å². The molecule has 110 valence electrons. The molecule has 3 aromatic rings. The number of nitrogens with two attached hydrogens (primary N) is 1. The van der Waals surface area contributed by atoms with Gasteiger partial charge < -0.3 is 5.73 Å². The lowest BCUT2D eigenvalue weighted by molar-refractivity contribution is -0.120. The molecule has 0 bridgehead atoms. The summed E-state index contributed by atoms with van der Waals surface area (Å²) in [6, 6.07) is 3.86. The Morgan fingerprint density at radius 3 is 2.95 bits per heavy atom. The summed E-state index contributed by atoms with van der Waals surface area (Å²) in [5.74, 6) is -0.284. The van der Waals surface area contributed by atoms with Gasteiger partial charge in [0.15, 0.2) is 0 Å². The van der Waals surface area contributed by atoms with Crippen LogP contribution in [0.5, 0.6) is 0 Å². The molecule has 22 heavy (non-hydrogen) atoms. The first-order valence-electron chi connectivity index (χ1n) is 7.10. The van der Waals surface area contributed by atoms with Crippen LogP contribution in [-0.4, -0.2) is 25.7 Å². The number of primary amides is 1. The Morgan fingerprint density at radius 2 is 2.23 bits per heavy atom. The van der Waals surface area contributed by atoms with Crippen molar-refractivity contribution >= 4 is 16.7 Å². The molecule has 4 rings (SSSR count). The van der Waals surface area contributed by atoms with Gasteiger partial charge in [0, 0.05) is 43.1 Å². The van der Waals surface area contributed by atoms with Gasteiger partial charge in [0.25, 0.3) is 0 Å². The lowest BCUT2D eigenvalue weighted by Gasteiger charge is -2.13. The van der Waals surface area contributed by atoms with E-state index in [2.05, 4.69) is 15.1 Å². The van der Waals surface area contributed by atoms with E-state index in [0.717, 1.165) is 22.0 Å². The fraction of sp³-hybridized carbons (Fsp3) is 0.250. The molecule has 1 aliphatic carbocycles. The summed E-state index contributed by atoms with van der Waals surface area (Å²) in [6.45, 7) is 0. The van der Waals surface area contributed by atoms with Crippen molar-refractivity contribution in [2.24, 2.45) is 12.8 Å². The molecule has 1 aliphatic rings. The summed E-state index contributed by atoms with van der Waals surface area (Å²) < 4.78 is 1.74. The van der Waals surface area contributed by atoms with Gasteiger partial charge in [-0.25, -0.2) is 0 Å². The van der Waals surface area contributed by atoms with Crippen molar-refractivity contribution in [3.8, 4) is 0 Å². The molecular formula is C16H15N5O. The average molecular weight is 293 g/mol. The molecule has 3 heterocycles. The largest absolute Gasteiger partial charge is 0.369 e. The maximum atomic E-state index is 12.2. The first kappa shape index (κ1) is 12.9. The van der Waals surface area contributed by atoms with E-state index in [1.165, 1.54) is 0 Å². The van der Waals surface area contributed by atoms with Gasteiger partial charge in [0.05, 0.1) is 17.3 Å². The third-order valence-electron chi connectivity index (χ3n) is 4.51. The Kier molecular flexibility index (Phi) is 2.57. The summed E-state index contributed by atoms with van der Waals surface area (Å²) in [6.07, 6.45) is 9.64. The second-order valence-electron chi connectivity index (χ2n) is 5.83. The molecule has 2 atom stereocenters. The van der Waals surface area contributed by atoms with Crippen LogP contribution in [0, 0.1) is 0 Å². The molecule has 1 saturated carbocycles. The van der Waals surface area contributed by atoms with Crippen LogP contribution in [-0.2, 0) is 17.3 Å². The Balaban J connectivity index is 1.81. The van der Waals surface area contributed by atoms with Crippen LogP contribution in [0.3, 0.4) is 0 Å². The van der Waals surface area contributed by atoms with Crippen LogP contribution >= 0.6 is 0 Å². The number of rotatable bonds is 3. The van der Waals surface area contributed by atoms with Gasteiger partial charge in [-0.1, -0.05) is 0 Å². The standard InChI is InChI=1S/C16H15N5O/c1-21-9-12(8-20-21)13-5-16(13,15(17)22)14-4-10-2-3-18-6-11(10)7-19-14/h2-4,6-9,13H,5H2,1H3,(H2,17,22). The predicted molar refractivity (Wildman–Crippen MR) is 81.0 cm³/mol. The highest BCUT2D eigenvalue weighted by Gasteiger charge is 2.62. The van der Waals surface area contributed by atoms with E-state index in [1.807, 2.05) is 25.4 Å². The summed E-state index contributed by atoms with van der Waals surface area (Å²) in [5, 5.41) is 6.14. The minimum Gasteiger partial charge on any atom is -0.369 e. The summed E-state index contributed by atoms with van der Waals surface area (Å²) in [5.41, 5.74) is 6.76. The smallest absolute Gasteiger partial charge is 0.230 e. The number of aryl methyl sites for hydroxylation is 1. The topological polar surface area (TPSA) is 86.7 Å². The van der Waals surface area contributed by atoms with Crippen molar-refractivity contribution in [3.63, 3.8) is 0 Å². The second-order valence-corrected chi connectivity index (χ2v) is 5.83. The highest BCUT2D eigenvalue weighted by atomic mass is 16.1. The lowest BCUT2D eigenvalue weighted by Crippen LogP contribution is -2.31. The summed E-state index contributed by atoms with van der Waals surface area (Å²) in [4.78, 5) is 20.7. The zero-order valence-electron chi connectivity index (χ0n) is 12.1. The zero-order chi connectivity index (χ0) is 15.3. The molecule has 2 N–H and O–H groups in total.